The highest BCUT2D eigenvalue weighted by Crippen LogP contribution is 2.28. The number of carbonyl (C=O) groups excluding carboxylic acids is 2. The largest absolute Gasteiger partial charge is 0.336 e. The third kappa shape index (κ3) is 3.63. The Kier molecular flexibility index (Phi) is 4.37. The smallest absolute Gasteiger partial charge is 0.323 e. The maximum absolute atomic E-state index is 12.4. The predicted octanol–water partition coefficient (Wildman–Crippen LogP) is 0.988. The summed E-state index contributed by atoms with van der Waals surface area (Å²) >= 11 is 0. The molecule has 25 heavy (non-hydrogen) atoms. The van der Waals surface area contributed by atoms with Gasteiger partial charge in [-0.1, -0.05) is 0 Å². The number of piperazine rings is 1. The van der Waals surface area contributed by atoms with E-state index in [0.29, 0.717) is 31.0 Å². The Morgan fingerprint density at radius 2 is 1.88 bits per heavy atom. The molecule has 2 aliphatic heterocycles. The molecule has 3 fully saturated rings. The van der Waals surface area contributed by atoms with E-state index in [1.54, 1.807) is 4.90 Å². The van der Waals surface area contributed by atoms with Crippen LogP contribution in [0.4, 0.5) is 10.6 Å². The summed E-state index contributed by atoms with van der Waals surface area (Å²) in [5, 5.41) is 7.34. The lowest BCUT2D eigenvalue weighted by molar-refractivity contribution is -0.135. The molecular formula is C17H26N6O2. The number of anilines is 1. The zero-order chi connectivity index (χ0) is 17.4. The topological polar surface area (TPSA) is 73.7 Å². The molecule has 3 heterocycles. The first-order valence-electron chi connectivity index (χ1n) is 9.19. The van der Waals surface area contributed by atoms with Crippen molar-refractivity contribution >= 4 is 17.8 Å². The number of nitrogens with zero attached hydrogens (tertiary/aromatic N) is 5. The van der Waals surface area contributed by atoms with Gasteiger partial charge in [-0.05, 0) is 45.8 Å². The number of likely N-dealkylation sites (tertiary alicyclic amines) is 1. The lowest BCUT2D eigenvalue weighted by Crippen LogP contribution is -2.53. The molecule has 2 saturated heterocycles. The quantitative estimate of drug-likeness (QED) is 0.886. The van der Waals surface area contributed by atoms with Crippen LogP contribution in [-0.2, 0) is 4.79 Å². The Bertz CT molecular complexity index is 647. The Labute approximate surface area is 147 Å². The van der Waals surface area contributed by atoms with Gasteiger partial charge < -0.3 is 14.7 Å². The van der Waals surface area contributed by atoms with Crippen LogP contribution in [0, 0.1) is 0 Å². The van der Waals surface area contributed by atoms with E-state index in [2.05, 4.69) is 22.4 Å². The van der Waals surface area contributed by atoms with Crippen molar-refractivity contribution in [2.24, 2.45) is 0 Å². The standard InChI is InChI=1S/C17H26N6O2/c1-20-7-4-14(5-8-20)23-9-6-15(19-23)18-17(25)21-10-11-22(13-2-3-13)16(24)12-21/h6,9,13-14H,2-5,7-8,10-12H2,1H3,(H,18,19,25). The first kappa shape index (κ1) is 16.4. The highest BCUT2D eigenvalue weighted by Gasteiger charge is 2.36. The number of rotatable bonds is 3. The van der Waals surface area contributed by atoms with Crippen LogP contribution in [0.2, 0.25) is 0 Å². The highest BCUT2D eigenvalue weighted by molar-refractivity contribution is 5.92. The molecule has 0 aromatic carbocycles. The van der Waals surface area contributed by atoms with Gasteiger partial charge in [0.25, 0.3) is 0 Å². The lowest BCUT2D eigenvalue weighted by atomic mass is 10.1. The number of hydrogen-bond donors (Lipinski definition) is 1. The van der Waals surface area contributed by atoms with E-state index in [1.165, 1.54) is 0 Å². The molecule has 3 aliphatic rings. The number of urea groups is 1. The zero-order valence-electron chi connectivity index (χ0n) is 14.7. The van der Waals surface area contributed by atoms with E-state index in [0.717, 1.165) is 38.8 Å². The van der Waals surface area contributed by atoms with E-state index >= 15 is 0 Å². The van der Waals surface area contributed by atoms with Crippen molar-refractivity contribution in [1.82, 2.24) is 24.5 Å². The summed E-state index contributed by atoms with van der Waals surface area (Å²) in [5.41, 5.74) is 0. The summed E-state index contributed by atoms with van der Waals surface area (Å²) in [6.07, 6.45) is 6.28. The molecule has 0 spiro atoms. The van der Waals surface area contributed by atoms with Crippen LogP contribution in [0.1, 0.15) is 31.7 Å². The van der Waals surface area contributed by atoms with E-state index < -0.39 is 0 Å². The van der Waals surface area contributed by atoms with Crippen LogP contribution in [-0.4, -0.2) is 82.2 Å². The van der Waals surface area contributed by atoms with Gasteiger partial charge >= 0.3 is 6.03 Å². The fourth-order valence-electron chi connectivity index (χ4n) is 3.69. The summed E-state index contributed by atoms with van der Waals surface area (Å²) in [6, 6.07) is 2.41. The maximum Gasteiger partial charge on any atom is 0.323 e. The molecule has 1 aromatic heterocycles. The first-order valence-corrected chi connectivity index (χ1v) is 9.19. The van der Waals surface area contributed by atoms with Gasteiger partial charge in [0.05, 0.1) is 6.04 Å². The molecule has 0 unspecified atom stereocenters. The fourth-order valence-corrected chi connectivity index (χ4v) is 3.69. The predicted molar refractivity (Wildman–Crippen MR) is 93.3 cm³/mol. The molecule has 0 bridgehead atoms. The minimum atomic E-state index is -0.238. The average molecular weight is 346 g/mol. The second kappa shape index (κ2) is 6.67. The van der Waals surface area contributed by atoms with Gasteiger partial charge in [0, 0.05) is 31.4 Å². The third-order valence-corrected chi connectivity index (χ3v) is 5.44. The van der Waals surface area contributed by atoms with Gasteiger partial charge in [0.1, 0.15) is 6.54 Å². The fraction of sp³-hybridized carbons (Fsp3) is 0.706. The zero-order valence-corrected chi connectivity index (χ0v) is 14.7. The highest BCUT2D eigenvalue weighted by atomic mass is 16.2. The summed E-state index contributed by atoms with van der Waals surface area (Å²) in [7, 11) is 2.13. The third-order valence-electron chi connectivity index (χ3n) is 5.44. The summed E-state index contributed by atoms with van der Waals surface area (Å²) < 4.78 is 1.96. The summed E-state index contributed by atoms with van der Waals surface area (Å²) in [6.45, 7) is 3.53. The van der Waals surface area contributed by atoms with Crippen molar-refractivity contribution < 1.29 is 9.59 Å². The van der Waals surface area contributed by atoms with Crippen molar-refractivity contribution in [3.8, 4) is 0 Å². The molecule has 1 aliphatic carbocycles. The van der Waals surface area contributed by atoms with E-state index in [4.69, 9.17) is 0 Å². The number of amides is 3. The van der Waals surface area contributed by atoms with Crippen LogP contribution < -0.4 is 5.32 Å². The Hall–Kier alpha value is -2.09. The van der Waals surface area contributed by atoms with Gasteiger partial charge in [0.2, 0.25) is 5.91 Å². The molecule has 1 N–H and O–H groups in total. The summed E-state index contributed by atoms with van der Waals surface area (Å²) in [5.74, 6) is 0.613. The van der Waals surface area contributed by atoms with Gasteiger partial charge in [-0.3, -0.25) is 14.8 Å². The molecule has 8 heteroatoms. The molecule has 4 rings (SSSR count). The minimum absolute atomic E-state index is 0.0563. The van der Waals surface area contributed by atoms with Gasteiger partial charge in [0.15, 0.2) is 5.82 Å². The number of nitrogens with one attached hydrogen (secondary N) is 1. The van der Waals surface area contributed by atoms with Crippen LogP contribution in [0.15, 0.2) is 12.3 Å². The molecule has 0 atom stereocenters. The normalized spacial score (nSPS) is 23.2. The monoisotopic (exact) mass is 346 g/mol. The molecule has 1 aromatic rings. The van der Waals surface area contributed by atoms with Gasteiger partial charge in [-0.2, -0.15) is 5.10 Å². The van der Waals surface area contributed by atoms with Crippen molar-refractivity contribution in [2.75, 3.05) is 45.1 Å². The van der Waals surface area contributed by atoms with Crippen molar-refractivity contribution in [3.63, 3.8) is 0 Å². The lowest BCUT2D eigenvalue weighted by Gasteiger charge is -2.34. The van der Waals surface area contributed by atoms with Crippen LogP contribution in [0.3, 0.4) is 0 Å². The Morgan fingerprint density at radius 1 is 1.12 bits per heavy atom. The average Bonchev–Trinajstić information content (AvgIpc) is 3.34. The van der Waals surface area contributed by atoms with E-state index in [-0.39, 0.29) is 18.5 Å². The molecule has 3 amide bonds. The number of piperidine rings is 1. The van der Waals surface area contributed by atoms with Crippen LogP contribution >= 0.6 is 0 Å². The van der Waals surface area contributed by atoms with Crippen LogP contribution in [0.25, 0.3) is 0 Å². The van der Waals surface area contributed by atoms with Crippen LogP contribution in [0.5, 0.6) is 0 Å². The summed E-state index contributed by atoms with van der Waals surface area (Å²) in [4.78, 5) is 30.4. The maximum atomic E-state index is 12.4. The van der Waals surface area contributed by atoms with E-state index in [9.17, 15) is 9.59 Å². The first-order chi connectivity index (χ1) is 12.1. The Morgan fingerprint density at radius 3 is 2.56 bits per heavy atom. The number of carbonyl (C=O) groups is 2. The van der Waals surface area contributed by atoms with Crippen molar-refractivity contribution in [1.29, 1.82) is 0 Å². The molecule has 8 nitrogen and oxygen atoms in total. The van der Waals surface area contributed by atoms with Gasteiger partial charge in [-0.25, -0.2) is 4.79 Å². The van der Waals surface area contributed by atoms with Crippen molar-refractivity contribution in [2.45, 2.75) is 37.8 Å². The molecule has 0 radical (unpaired) electrons. The Balaban J connectivity index is 1.31. The van der Waals surface area contributed by atoms with Crippen molar-refractivity contribution in [3.05, 3.63) is 12.3 Å². The SMILES string of the molecule is CN1CCC(n2ccc(NC(=O)N3CCN(C4CC4)C(=O)C3)n2)CC1. The molecular weight excluding hydrogens is 320 g/mol. The number of hydrogen-bond acceptors (Lipinski definition) is 4. The molecule has 136 valence electrons. The number of aromatic nitrogens is 2. The second-order valence-corrected chi connectivity index (χ2v) is 7.39. The van der Waals surface area contributed by atoms with Gasteiger partial charge in [-0.15, -0.1) is 0 Å². The molecule has 1 saturated carbocycles. The second-order valence-electron chi connectivity index (χ2n) is 7.39. The van der Waals surface area contributed by atoms with E-state index in [1.807, 2.05) is 21.8 Å². The minimum Gasteiger partial charge on any atom is -0.336 e.